The SMILES string of the molecule is O=C(O)[C@H]1CCCN(C(=O)C2CC23CCCC3)C1. The van der Waals surface area contributed by atoms with Gasteiger partial charge in [-0.25, -0.2) is 0 Å². The number of rotatable bonds is 2. The van der Waals surface area contributed by atoms with Crippen molar-refractivity contribution in [3.05, 3.63) is 0 Å². The number of likely N-dealkylation sites (tertiary alicyclic amines) is 1. The Kier molecular flexibility index (Phi) is 2.83. The molecule has 100 valence electrons. The highest BCUT2D eigenvalue weighted by Gasteiger charge is 2.59. The lowest BCUT2D eigenvalue weighted by Crippen LogP contribution is -2.43. The van der Waals surface area contributed by atoms with E-state index in [-0.39, 0.29) is 17.7 Å². The molecule has 3 rings (SSSR count). The van der Waals surface area contributed by atoms with Crippen LogP contribution in [0.3, 0.4) is 0 Å². The van der Waals surface area contributed by atoms with Crippen LogP contribution < -0.4 is 0 Å². The molecular formula is C14H21NO3. The van der Waals surface area contributed by atoms with E-state index in [0.717, 1.165) is 25.8 Å². The van der Waals surface area contributed by atoms with Gasteiger partial charge in [0.2, 0.25) is 5.91 Å². The Hall–Kier alpha value is -1.06. The number of carbonyl (C=O) groups excluding carboxylic acids is 1. The van der Waals surface area contributed by atoms with Gasteiger partial charge in [-0.05, 0) is 37.5 Å². The van der Waals surface area contributed by atoms with Crippen LogP contribution in [-0.2, 0) is 9.59 Å². The minimum Gasteiger partial charge on any atom is -0.481 e. The quantitative estimate of drug-likeness (QED) is 0.815. The predicted molar refractivity (Wildman–Crippen MR) is 65.9 cm³/mol. The number of hydrogen-bond donors (Lipinski definition) is 1. The van der Waals surface area contributed by atoms with Gasteiger partial charge < -0.3 is 10.0 Å². The molecule has 0 bridgehead atoms. The highest BCUT2D eigenvalue weighted by Crippen LogP contribution is 2.63. The molecule has 1 unspecified atom stereocenters. The number of carboxylic acids is 1. The Balaban J connectivity index is 1.61. The molecule has 18 heavy (non-hydrogen) atoms. The first-order valence-electron chi connectivity index (χ1n) is 7.14. The summed E-state index contributed by atoms with van der Waals surface area (Å²) in [5, 5.41) is 9.06. The van der Waals surface area contributed by atoms with Crippen molar-refractivity contribution in [3.8, 4) is 0 Å². The fraction of sp³-hybridized carbons (Fsp3) is 0.857. The molecule has 1 spiro atoms. The number of nitrogens with zero attached hydrogens (tertiary/aromatic N) is 1. The van der Waals surface area contributed by atoms with Crippen LogP contribution in [0.25, 0.3) is 0 Å². The standard InChI is InChI=1S/C14H21NO3/c16-12(11-8-14(11)5-1-2-6-14)15-7-3-4-10(9-15)13(17)18/h10-11H,1-9H2,(H,17,18)/t10-,11?/m0/s1. The summed E-state index contributed by atoms with van der Waals surface area (Å²) in [4.78, 5) is 25.3. The molecule has 4 heteroatoms. The zero-order chi connectivity index (χ0) is 12.8. The summed E-state index contributed by atoms with van der Waals surface area (Å²) in [7, 11) is 0. The average molecular weight is 251 g/mol. The van der Waals surface area contributed by atoms with E-state index in [4.69, 9.17) is 5.11 Å². The Morgan fingerprint density at radius 1 is 1.17 bits per heavy atom. The Morgan fingerprint density at radius 2 is 1.89 bits per heavy atom. The first kappa shape index (κ1) is 12.0. The molecule has 2 saturated carbocycles. The van der Waals surface area contributed by atoms with Crippen molar-refractivity contribution < 1.29 is 14.7 Å². The van der Waals surface area contributed by atoms with Crippen LogP contribution >= 0.6 is 0 Å². The molecule has 3 aliphatic rings. The molecule has 2 aliphatic carbocycles. The summed E-state index contributed by atoms with van der Waals surface area (Å²) in [5.41, 5.74) is 0.327. The van der Waals surface area contributed by atoms with Gasteiger partial charge in [0.1, 0.15) is 0 Å². The second-order valence-corrected chi connectivity index (χ2v) is 6.29. The van der Waals surface area contributed by atoms with E-state index >= 15 is 0 Å². The van der Waals surface area contributed by atoms with Gasteiger partial charge in [-0.3, -0.25) is 9.59 Å². The lowest BCUT2D eigenvalue weighted by molar-refractivity contribution is -0.146. The molecule has 3 fully saturated rings. The molecule has 1 aliphatic heterocycles. The third kappa shape index (κ3) is 1.91. The Labute approximate surface area is 107 Å². The molecule has 0 radical (unpaired) electrons. The minimum absolute atomic E-state index is 0.215. The third-order valence-corrected chi connectivity index (χ3v) is 5.17. The first-order chi connectivity index (χ1) is 8.62. The van der Waals surface area contributed by atoms with Crippen molar-refractivity contribution in [3.63, 3.8) is 0 Å². The van der Waals surface area contributed by atoms with Gasteiger partial charge in [-0.2, -0.15) is 0 Å². The molecule has 1 amide bonds. The number of piperidine rings is 1. The van der Waals surface area contributed by atoms with E-state index in [0.29, 0.717) is 12.0 Å². The molecule has 2 atom stereocenters. The minimum atomic E-state index is -0.751. The zero-order valence-corrected chi connectivity index (χ0v) is 10.7. The third-order valence-electron chi connectivity index (χ3n) is 5.17. The van der Waals surface area contributed by atoms with Crippen LogP contribution in [0, 0.1) is 17.3 Å². The summed E-state index contributed by atoms with van der Waals surface area (Å²) in [6.07, 6.45) is 7.56. The fourth-order valence-corrected chi connectivity index (χ4v) is 3.93. The molecule has 1 N–H and O–H groups in total. The number of hydrogen-bond acceptors (Lipinski definition) is 2. The summed E-state index contributed by atoms with van der Waals surface area (Å²) in [5.74, 6) is -0.643. The summed E-state index contributed by atoms with van der Waals surface area (Å²) < 4.78 is 0. The molecule has 0 aromatic carbocycles. The van der Waals surface area contributed by atoms with E-state index in [1.165, 1.54) is 25.7 Å². The van der Waals surface area contributed by atoms with Crippen LogP contribution in [0.2, 0.25) is 0 Å². The van der Waals surface area contributed by atoms with Gasteiger partial charge in [0.25, 0.3) is 0 Å². The summed E-state index contributed by atoms with van der Waals surface area (Å²) in [6.45, 7) is 1.19. The fourth-order valence-electron chi connectivity index (χ4n) is 3.93. The van der Waals surface area contributed by atoms with Gasteiger partial charge in [0, 0.05) is 19.0 Å². The smallest absolute Gasteiger partial charge is 0.308 e. The van der Waals surface area contributed by atoms with Gasteiger partial charge in [-0.15, -0.1) is 0 Å². The van der Waals surface area contributed by atoms with Crippen LogP contribution in [0.1, 0.15) is 44.9 Å². The maximum atomic E-state index is 12.4. The van der Waals surface area contributed by atoms with Crippen molar-refractivity contribution in [2.45, 2.75) is 44.9 Å². The maximum Gasteiger partial charge on any atom is 0.308 e. The van der Waals surface area contributed by atoms with Gasteiger partial charge in [0.15, 0.2) is 0 Å². The molecule has 1 heterocycles. The normalized spacial score (nSPS) is 33.7. The van der Waals surface area contributed by atoms with E-state index in [1.807, 2.05) is 4.90 Å². The van der Waals surface area contributed by atoms with Gasteiger partial charge >= 0.3 is 5.97 Å². The van der Waals surface area contributed by atoms with E-state index in [1.54, 1.807) is 0 Å². The largest absolute Gasteiger partial charge is 0.481 e. The van der Waals surface area contributed by atoms with Crippen molar-refractivity contribution in [2.24, 2.45) is 17.3 Å². The van der Waals surface area contributed by atoms with Crippen molar-refractivity contribution >= 4 is 11.9 Å². The molecular weight excluding hydrogens is 230 g/mol. The van der Waals surface area contributed by atoms with Gasteiger partial charge in [-0.1, -0.05) is 12.8 Å². The molecule has 1 saturated heterocycles. The van der Waals surface area contributed by atoms with Crippen molar-refractivity contribution in [2.75, 3.05) is 13.1 Å². The number of amides is 1. The lowest BCUT2D eigenvalue weighted by Gasteiger charge is -2.31. The second kappa shape index (κ2) is 4.25. The maximum absolute atomic E-state index is 12.4. The van der Waals surface area contributed by atoms with Gasteiger partial charge in [0.05, 0.1) is 5.92 Å². The topological polar surface area (TPSA) is 57.6 Å². The van der Waals surface area contributed by atoms with Crippen LogP contribution in [0.15, 0.2) is 0 Å². The summed E-state index contributed by atoms with van der Waals surface area (Å²) in [6, 6.07) is 0. The predicted octanol–water partition coefficient (Wildman–Crippen LogP) is 1.89. The van der Waals surface area contributed by atoms with Crippen molar-refractivity contribution in [1.29, 1.82) is 0 Å². The second-order valence-electron chi connectivity index (χ2n) is 6.29. The lowest BCUT2D eigenvalue weighted by atomic mass is 9.96. The van der Waals surface area contributed by atoms with Crippen LogP contribution in [0.5, 0.6) is 0 Å². The zero-order valence-electron chi connectivity index (χ0n) is 10.7. The first-order valence-corrected chi connectivity index (χ1v) is 7.14. The Morgan fingerprint density at radius 3 is 2.56 bits per heavy atom. The summed E-state index contributed by atoms with van der Waals surface area (Å²) >= 11 is 0. The number of aliphatic carboxylic acids is 1. The Bertz CT molecular complexity index is 373. The van der Waals surface area contributed by atoms with E-state index < -0.39 is 5.97 Å². The van der Waals surface area contributed by atoms with Crippen molar-refractivity contribution in [1.82, 2.24) is 4.90 Å². The number of carbonyl (C=O) groups is 2. The van der Waals surface area contributed by atoms with Crippen LogP contribution in [-0.4, -0.2) is 35.0 Å². The molecule has 0 aromatic heterocycles. The highest BCUT2D eigenvalue weighted by molar-refractivity contribution is 5.83. The monoisotopic (exact) mass is 251 g/mol. The molecule has 0 aromatic rings. The van der Waals surface area contributed by atoms with E-state index in [9.17, 15) is 9.59 Å². The average Bonchev–Trinajstić information content (AvgIpc) is 2.86. The molecule has 4 nitrogen and oxygen atoms in total. The highest BCUT2D eigenvalue weighted by atomic mass is 16.4. The van der Waals surface area contributed by atoms with Crippen LogP contribution in [0.4, 0.5) is 0 Å². The van der Waals surface area contributed by atoms with E-state index in [2.05, 4.69) is 0 Å². The number of carboxylic acid groups (broad SMARTS) is 1.